The highest BCUT2D eigenvalue weighted by Crippen LogP contribution is 2.57. The molecule has 0 saturated heterocycles. The Morgan fingerprint density at radius 2 is 0.237 bits per heavy atom. The van der Waals surface area contributed by atoms with Crippen LogP contribution in [0.4, 0.5) is 0 Å². The van der Waals surface area contributed by atoms with Crippen LogP contribution in [0.15, 0.2) is 33.7 Å². The second-order valence-corrected chi connectivity index (χ2v) is 88.6. The molecule has 0 amide bonds. The summed E-state index contributed by atoms with van der Waals surface area (Å²) in [5.41, 5.74) is 0. The average molecular weight is 1480 g/mol. The van der Waals surface area contributed by atoms with Gasteiger partial charge in [-0.25, -0.2) is 0 Å². The lowest BCUT2D eigenvalue weighted by molar-refractivity contribution is 1.67. The fraction of sp³-hybridized carbons (Fsp3) is 0.429. The quantitative estimate of drug-likeness (QED) is 0.139. The van der Waals surface area contributed by atoms with E-state index in [0.717, 1.165) is 0 Å². The summed E-state index contributed by atoms with van der Waals surface area (Å²) in [6, 6.07) is 0. The van der Waals surface area contributed by atoms with Gasteiger partial charge in [-0.1, -0.05) is 204 Å². The summed E-state index contributed by atoms with van der Waals surface area (Å²) in [6.45, 7) is 63.1. The van der Waals surface area contributed by atoms with Crippen LogP contribution >= 0.6 is 183 Å². The van der Waals surface area contributed by atoms with Gasteiger partial charge < -0.3 is 0 Å². The van der Waals surface area contributed by atoms with E-state index in [0.29, 0.717) is 0 Å². The molecule has 424 valence electrons. The Labute approximate surface area is 547 Å². The van der Waals surface area contributed by atoms with Gasteiger partial charge in [0.05, 0.1) is 136 Å². The van der Waals surface area contributed by atoms with Gasteiger partial charge in [-0.3, -0.25) is 0 Å². The molecule has 80 heavy (non-hydrogen) atoms. The van der Waals surface area contributed by atoms with E-state index in [1.165, 1.54) is 0 Å². The number of rotatable bonds is 8. The van der Waals surface area contributed by atoms with E-state index in [4.69, 9.17) is 0 Å². The molecule has 0 radical (unpaired) electrons. The van der Waals surface area contributed by atoms with E-state index in [1.54, 1.807) is 150 Å². The largest absolute Gasteiger partial charge is 0.134 e. The van der Waals surface area contributed by atoms with Crippen molar-refractivity contribution in [3.8, 4) is 0 Å². The zero-order chi connectivity index (χ0) is 57.8. The normalized spacial score (nSPS) is 15.3. The number of hydrogen-bond acceptors (Lipinski definition) is 16. The van der Waals surface area contributed by atoms with Gasteiger partial charge >= 0.3 is 0 Å². The molecule has 0 spiro atoms. The third-order valence-corrected chi connectivity index (χ3v) is 57.0. The van der Waals surface area contributed by atoms with Crippen LogP contribution in [0, 0.1) is 0 Å². The molecule has 0 aliphatic carbocycles. The minimum Gasteiger partial charge on any atom is -0.134 e. The van der Waals surface area contributed by atoms with Gasteiger partial charge in [0.2, 0.25) is 0 Å². The molecule has 12 aromatic rings. The van der Waals surface area contributed by atoms with Crippen molar-refractivity contribution in [2.75, 3.05) is 0 Å². The lowest BCUT2D eigenvalue weighted by atomic mass is 10.5. The molecule has 1 aliphatic heterocycles. The van der Waals surface area contributed by atoms with Crippen LogP contribution < -0.4 is 41.5 Å². The smallest absolute Gasteiger partial charge is 0.0821 e. The van der Waals surface area contributed by atoms with E-state index in [-0.39, 0.29) is 0 Å². The average Bonchev–Trinajstić information content (AvgIpc) is 4.10. The van der Waals surface area contributed by atoms with Crippen LogP contribution in [0.25, 0.3) is 75.2 Å². The fourth-order valence-electron chi connectivity index (χ4n) is 11.6. The van der Waals surface area contributed by atoms with Crippen molar-refractivity contribution in [2.45, 2.75) is 191 Å². The van der Waals surface area contributed by atoms with Gasteiger partial charge in [0.15, 0.2) is 0 Å². The third kappa shape index (κ3) is 9.67. The molecule has 12 aromatic heterocycles. The molecule has 0 atom stereocenters. The molecule has 13 rings (SSSR count). The van der Waals surface area contributed by atoms with Crippen molar-refractivity contribution in [2.24, 2.45) is 0 Å². The van der Waals surface area contributed by atoms with Gasteiger partial charge in [0, 0.05) is 37.6 Å². The predicted octanol–water partition coefficient (Wildman–Crippen LogP) is 22.9. The summed E-state index contributed by atoms with van der Waals surface area (Å²) in [5, 5.41) is 13.8. The molecule has 0 nitrogen and oxygen atoms in total. The van der Waals surface area contributed by atoms with E-state index in [9.17, 15) is 0 Å². The molecule has 0 unspecified atom stereocenters. The molecule has 0 aromatic carbocycles. The Morgan fingerprint density at radius 3 is 0.325 bits per heavy atom. The first kappa shape index (κ1) is 60.5. The van der Waals surface area contributed by atoms with Crippen molar-refractivity contribution in [3.63, 3.8) is 0 Å². The number of hydrogen-bond donors (Lipinski definition) is 0. The zero-order valence-corrected chi connectivity index (χ0v) is 71.6. The van der Waals surface area contributed by atoms with E-state index in [2.05, 4.69) is 340 Å². The van der Waals surface area contributed by atoms with Crippen LogP contribution in [-0.2, 0) is 0 Å². The molecule has 1 aliphatic rings. The Morgan fingerprint density at radius 1 is 0.138 bits per heavy atom. The maximum absolute atomic E-state index is 2.63. The van der Waals surface area contributed by atoms with Gasteiger partial charge in [-0.2, -0.15) is 0 Å². The molecule has 24 heteroatoms. The van der Waals surface area contributed by atoms with Gasteiger partial charge in [0.1, 0.15) is 0 Å². The maximum Gasteiger partial charge on any atom is 0.0821 e. The first-order valence-corrected chi connectivity index (χ1v) is 68.6. The Hall–Kier alpha value is 1.62. The highest BCUT2D eigenvalue weighted by atomic mass is 32.2. The van der Waals surface area contributed by atoms with Crippen molar-refractivity contribution in [1.29, 1.82) is 0 Å². The van der Waals surface area contributed by atoms with Gasteiger partial charge in [-0.15, -0.1) is 136 Å². The van der Waals surface area contributed by atoms with Crippen molar-refractivity contribution >= 4 is 364 Å². The summed E-state index contributed by atoms with van der Waals surface area (Å²) < 4.78 is 38.5. The van der Waals surface area contributed by atoms with Gasteiger partial charge in [-0.05, 0) is 41.5 Å². The van der Waals surface area contributed by atoms with E-state index >= 15 is 0 Å². The summed E-state index contributed by atoms with van der Waals surface area (Å²) in [5.74, 6) is 0. The zero-order valence-electron chi connectivity index (χ0n) is 50.5. The standard InChI is InChI=1S/C56H72S16Si8/c1-73(2,3)41-33-25-26-34(57-33)42(74(4,5)6)51(62-26)70-52-45(77(13,14)15)37-29(65-52)30-38(59-37)47(79(19,20)21)55(66-30)72-56-48(80(22,23)24)40-32(68-56)31-39(60-40)46(78(16,17)18)54(67-31)71-53-44(76(10,11)12)36-28(64-53)27-35(58-36)43(75(7,8)9)50(63-27)69-49(41)61-25/h1-24H3. The monoisotopic (exact) mass is 1480 g/mol. The highest BCUT2D eigenvalue weighted by Gasteiger charge is 2.41. The first-order valence-electron chi connectivity index (χ1n) is 27.5. The lowest BCUT2D eigenvalue weighted by Crippen LogP contribution is -2.39. The predicted molar refractivity (Wildman–Crippen MR) is 421 cm³/mol. The Balaban J connectivity index is 1.12. The second kappa shape index (κ2) is 19.6. The summed E-state index contributed by atoms with van der Waals surface area (Å²) in [7, 11) is -14.3. The van der Waals surface area contributed by atoms with Crippen LogP contribution in [0.5, 0.6) is 0 Å². The minimum absolute atomic E-state index is 1.59. The van der Waals surface area contributed by atoms with Crippen molar-refractivity contribution in [3.05, 3.63) is 0 Å². The molecule has 16 bridgehead atoms. The van der Waals surface area contributed by atoms with Crippen molar-refractivity contribution in [1.82, 2.24) is 0 Å². The summed E-state index contributed by atoms with van der Waals surface area (Å²) in [6.07, 6.45) is 0. The topological polar surface area (TPSA) is 0 Å². The van der Waals surface area contributed by atoms with Crippen LogP contribution in [0.2, 0.25) is 157 Å². The molecular weight excluding hydrogens is 1410 g/mol. The number of fused-ring (bicyclic) bond motifs is 8. The van der Waals surface area contributed by atoms with Crippen LogP contribution in [0.3, 0.4) is 0 Å². The number of thiophene rings is 12. The Kier molecular flexibility index (Phi) is 14.8. The van der Waals surface area contributed by atoms with E-state index < -0.39 is 64.6 Å². The SMILES string of the molecule is C[Si](C)(C)c1c2sc3c1sc1c([Si](C)(C)C)c(sc13)Sc1sc3c(sc4c([Si](C)(C)C)c(sc43)Sc3sc4c(sc5c([Si](C)(C)C)c(sc54)Sc4sc5c(sc6c([Si](C)(C)C)c(sc65)S2)c4[Si](C)(C)C)c3[Si](C)(C)C)c1[Si](C)(C)C. The van der Waals surface area contributed by atoms with Crippen LogP contribution in [-0.4, -0.2) is 64.6 Å². The second-order valence-electron chi connectivity index (χ2n) is 30.2. The Bertz CT molecular complexity index is 3710. The highest BCUT2D eigenvalue weighted by molar-refractivity contribution is 8.05. The first-order chi connectivity index (χ1) is 36.7. The lowest BCUT2D eigenvalue weighted by Gasteiger charge is -2.21. The van der Waals surface area contributed by atoms with Crippen molar-refractivity contribution < 1.29 is 0 Å². The maximum atomic E-state index is 2.63. The summed E-state index contributed by atoms with van der Waals surface area (Å²) in [4.78, 5) is 0. The summed E-state index contributed by atoms with van der Waals surface area (Å²) >= 11 is 35.0. The molecule has 0 N–H and O–H groups in total. The van der Waals surface area contributed by atoms with Gasteiger partial charge in [0.25, 0.3) is 0 Å². The third-order valence-electron chi connectivity index (χ3n) is 15.0. The van der Waals surface area contributed by atoms with E-state index in [1.807, 2.05) is 0 Å². The fourth-order valence-corrected chi connectivity index (χ4v) is 72.5. The van der Waals surface area contributed by atoms with Crippen LogP contribution in [0.1, 0.15) is 0 Å². The minimum atomic E-state index is -1.78. The molecular formula is C56H72S16Si8. The molecule has 0 fully saturated rings. The molecule has 0 saturated carbocycles. The molecule has 13 heterocycles.